The first kappa shape index (κ1) is 22.3. The SMILES string of the molecule is CC1(C)SCCN1C(=O)c1ccc2nc(-c3ccc(CN4CC(C(=O)O)C4)cc3F)sc2c1. The Bertz CT molecular complexity index is 1250. The van der Waals surface area contributed by atoms with Crippen LogP contribution in [0.15, 0.2) is 36.4 Å². The summed E-state index contributed by atoms with van der Waals surface area (Å²) in [5.74, 6) is -0.526. The second-order valence-electron chi connectivity index (χ2n) is 9.00. The van der Waals surface area contributed by atoms with Crippen LogP contribution in [0.25, 0.3) is 20.8 Å². The number of hydrogen-bond acceptors (Lipinski definition) is 6. The van der Waals surface area contributed by atoms with E-state index in [2.05, 4.69) is 18.8 Å². The predicted octanol–water partition coefficient (Wildman–Crippen LogP) is 4.54. The van der Waals surface area contributed by atoms with Gasteiger partial charge in [-0.05, 0) is 49.7 Å². The van der Waals surface area contributed by atoms with E-state index in [1.54, 1.807) is 23.9 Å². The van der Waals surface area contributed by atoms with Gasteiger partial charge in [0, 0.05) is 43.1 Å². The number of benzene rings is 2. The third kappa shape index (κ3) is 4.25. The minimum absolute atomic E-state index is 0.00788. The van der Waals surface area contributed by atoms with Crippen molar-refractivity contribution in [2.24, 2.45) is 5.92 Å². The van der Waals surface area contributed by atoms with Crippen molar-refractivity contribution in [2.75, 3.05) is 25.4 Å². The monoisotopic (exact) mass is 485 g/mol. The van der Waals surface area contributed by atoms with E-state index in [1.807, 2.05) is 28.0 Å². The Kier molecular flexibility index (Phi) is 5.66. The van der Waals surface area contributed by atoms with Gasteiger partial charge in [-0.15, -0.1) is 23.1 Å². The highest BCUT2D eigenvalue weighted by Gasteiger charge is 2.36. The average Bonchev–Trinajstić information content (AvgIpc) is 3.31. The molecule has 1 amide bonds. The topological polar surface area (TPSA) is 73.7 Å². The summed E-state index contributed by atoms with van der Waals surface area (Å²) in [6.45, 7) is 6.36. The Hall–Kier alpha value is -2.49. The number of thioether (sulfide) groups is 1. The molecule has 0 radical (unpaired) electrons. The number of likely N-dealkylation sites (tertiary alicyclic amines) is 1. The van der Waals surface area contributed by atoms with Gasteiger partial charge in [0.15, 0.2) is 0 Å². The summed E-state index contributed by atoms with van der Waals surface area (Å²) in [5, 5.41) is 9.57. The molecule has 5 rings (SSSR count). The van der Waals surface area contributed by atoms with Gasteiger partial charge in [-0.2, -0.15) is 0 Å². The molecule has 1 aromatic heterocycles. The Morgan fingerprint density at radius 1 is 1.21 bits per heavy atom. The number of aromatic nitrogens is 1. The second kappa shape index (κ2) is 8.38. The number of carbonyl (C=O) groups is 2. The molecule has 1 N–H and O–H groups in total. The van der Waals surface area contributed by atoms with E-state index in [0.717, 1.165) is 28.1 Å². The van der Waals surface area contributed by atoms with Crippen LogP contribution in [-0.4, -0.2) is 62.0 Å². The molecule has 2 aliphatic heterocycles. The lowest BCUT2D eigenvalue weighted by atomic mass is 9.99. The standard InChI is InChI=1S/C24H24FN3O3S2/c1-24(2)28(7-8-32-24)22(29)15-4-6-19-20(10-15)33-21(26-19)17-5-3-14(9-18(17)25)11-27-12-16(13-27)23(30)31/h3-6,9-10,16H,7-8,11-13H2,1-2H3,(H,30,31). The van der Waals surface area contributed by atoms with Crippen LogP contribution in [-0.2, 0) is 11.3 Å². The van der Waals surface area contributed by atoms with Crippen molar-refractivity contribution < 1.29 is 19.1 Å². The molecule has 9 heteroatoms. The van der Waals surface area contributed by atoms with Crippen molar-refractivity contribution in [2.45, 2.75) is 25.3 Å². The molecule has 6 nitrogen and oxygen atoms in total. The third-order valence-electron chi connectivity index (χ3n) is 6.28. The largest absolute Gasteiger partial charge is 0.481 e. The van der Waals surface area contributed by atoms with Crippen LogP contribution in [0.2, 0.25) is 0 Å². The summed E-state index contributed by atoms with van der Waals surface area (Å²) >= 11 is 3.15. The predicted molar refractivity (Wildman–Crippen MR) is 129 cm³/mol. The Morgan fingerprint density at radius 2 is 2.00 bits per heavy atom. The van der Waals surface area contributed by atoms with E-state index in [1.165, 1.54) is 17.4 Å². The van der Waals surface area contributed by atoms with Gasteiger partial charge >= 0.3 is 5.97 Å². The van der Waals surface area contributed by atoms with Crippen LogP contribution in [0.5, 0.6) is 0 Å². The smallest absolute Gasteiger partial charge is 0.309 e. The van der Waals surface area contributed by atoms with E-state index in [0.29, 0.717) is 35.8 Å². The van der Waals surface area contributed by atoms with Crippen molar-refractivity contribution in [1.82, 2.24) is 14.8 Å². The van der Waals surface area contributed by atoms with E-state index in [4.69, 9.17) is 5.11 Å². The number of thiazole rings is 1. The number of carboxylic acid groups (broad SMARTS) is 1. The minimum Gasteiger partial charge on any atom is -0.481 e. The Labute approximate surface area is 199 Å². The van der Waals surface area contributed by atoms with Crippen LogP contribution in [0.4, 0.5) is 4.39 Å². The molecular formula is C24H24FN3O3S2. The summed E-state index contributed by atoms with van der Waals surface area (Å²) in [7, 11) is 0. The molecule has 0 atom stereocenters. The number of carbonyl (C=O) groups excluding carboxylic acids is 1. The van der Waals surface area contributed by atoms with Gasteiger partial charge in [0.05, 0.1) is 21.0 Å². The van der Waals surface area contributed by atoms with Gasteiger partial charge in [-0.3, -0.25) is 14.5 Å². The van der Waals surface area contributed by atoms with Gasteiger partial charge < -0.3 is 10.0 Å². The van der Waals surface area contributed by atoms with Gasteiger partial charge in [0.25, 0.3) is 5.91 Å². The van der Waals surface area contributed by atoms with Crippen molar-refractivity contribution in [3.63, 3.8) is 0 Å². The van der Waals surface area contributed by atoms with Crippen molar-refractivity contribution in [3.8, 4) is 10.6 Å². The zero-order chi connectivity index (χ0) is 23.3. The quantitative estimate of drug-likeness (QED) is 0.572. The fraction of sp³-hybridized carbons (Fsp3) is 0.375. The summed E-state index contributed by atoms with van der Waals surface area (Å²) in [6, 6.07) is 10.6. The van der Waals surface area contributed by atoms with Crippen molar-refractivity contribution in [3.05, 3.63) is 53.3 Å². The molecule has 2 aliphatic rings. The molecule has 0 bridgehead atoms. The number of carboxylic acids is 1. The van der Waals surface area contributed by atoms with Crippen LogP contribution in [0, 0.1) is 11.7 Å². The number of nitrogens with zero attached hydrogens (tertiary/aromatic N) is 3. The van der Waals surface area contributed by atoms with E-state index in [-0.39, 0.29) is 22.5 Å². The highest BCUT2D eigenvalue weighted by Crippen LogP contribution is 2.37. The zero-order valence-corrected chi connectivity index (χ0v) is 20.0. The number of rotatable bonds is 5. The van der Waals surface area contributed by atoms with E-state index in [9.17, 15) is 14.0 Å². The first-order valence-corrected chi connectivity index (χ1v) is 12.6. The number of halogens is 1. The highest BCUT2D eigenvalue weighted by atomic mass is 32.2. The average molecular weight is 486 g/mol. The molecular weight excluding hydrogens is 461 g/mol. The van der Waals surface area contributed by atoms with Gasteiger partial charge in [-0.1, -0.05) is 6.07 Å². The first-order valence-electron chi connectivity index (χ1n) is 10.8. The first-order chi connectivity index (χ1) is 15.7. The third-order valence-corrected chi connectivity index (χ3v) is 8.64. The minimum atomic E-state index is -0.781. The van der Waals surface area contributed by atoms with Crippen LogP contribution < -0.4 is 0 Å². The maximum absolute atomic E-state index is 14.9. The van der Waals surface area contributed by atoms with E-state index < -0.39 is 5.97 Å². The summed E-state index contributed by atoms with van der Waals surface area (Å²) in [6.07, 6.45) is 0. The van der Waals surface area contributed by atoms with Crippen LogP contribution in [0.3, 0.4) is 0 Å². The summed E-state index contributed by atoms with van der Waals surface area (Å²) < 4.78 is 15.8. The Morgan fingerprint density at radius 3 is 2.67 bits per heavy atom. The van der Waals surface area contributed by atoms with Gasteiger partial charge in [-0.25, -0.2) is 9.37 Å². The normalized spacial score (nSPS) is 18.6. The molecule has 33 heavy (non-hydrogen) atoms. The van der Waals surface area contributed by atoms with Gasteiger partial charge in [0.2, 0.25) is 0 Å². The fourth-order valence-electron chi connectivity index (χ4n) is 4.35. The molecule has 0 aliphatic carbocycles. The number of aliphatic carboxylic acids is 1. The molecule has 172 valence electrons. The number of fused-ring (bicyclic) bond motifs is 1. The molecule has 3 aromatic rings. The van der Waals surface area contributed by atoms with E-state index >= 15 is 0 Å². The van der Waals surface area contributed by atoms with Gasteiger partial charge in [0.1, 0.15) is 10.8 Å². The highest BCUT2D eigenvalue weighted by molar-refractivity contribution is 8.00. The lowest BCUT2D eigenvalue weighted by molar-refractivity contribution is -0.147. The maximum Gasteiger partial charge on any atom is 0.309 e. The number of amides is 1. The zero-order valence-electron chi connectivity index (χ0n) is 18.4. The summed E-state index contributed by atoms with van der Waals surface area (Å²) in [4.78, 5) is 32.3. The second-order valence-corrected chi connectivity index (χ2v) is 11.7. The van der Waals surface area contributed by atoms with Crippen LogP contribution in [0.1, 0.15) is 29.8 Å². The number of hydrogen-bond donors (Lipinski definition) is 1. The Balaban J connectivity index is 1.35. The van der Waals surface area contributed by atoms with Crippen molar-refractivity contribution >= 4 is 45.2 Å². The fourth-order valence-corrected chi connectivity index (χ4v) is 6.49. The molecule has 0 saturated carbocycles. The van der Waals surface area contributed by atoms with Crippen molar-refractivity contribution in [1.29, 1.82) is 0 Å². The molecule has 2 fully saturated rings. The molecule has 2 saturated heterocycles. The lowest BCUT2D eigenvalue weighted by Gasteiger charge is -2.36. The molecule has 0 spiro atoms. The van der Waals surface area contributed by atoms with Crippen LogP contribution >= 0.6 is 23.1 Å². The summed E-state index contributed by atoms with van der Waals surface area (Å²) in [5.41, 5.74) is 2.60. The lowest BCUT2D eigenvalue weighted by Crippen LogP contribution is -2.49. The maximum atomic E-state index is 14.9. The molecule has 2 aromatic carbocycles. The molecule has 0 unspecified atom stereocenters. The molecule has 3 heterocycles.